The van der Waals surface area contributed by atoms with E-state index in [4.69, 9.17) is 11.6 Å². The van der Waals surface area contributed by atoms with Gasteiger partial charge in [0.1, 0.15) is 5.82 Å². The molecule has 4 nitrogen and oxygen atoms in total. The SMILES string of the molecule is C=N/C(=C\C)c1c(Cl)c(F)c(Cn2cccc2C)c2[nH]ncc12.CC. The second-order valence-electron chi connectivity index (χ2n) is 5.25. The Kier molecular flexibility index (Phi) is 6.15. The van der Waals surface area contributed by atoms with Gasteiger partial charge >= 0.3 is 0 Å². The number of benzene rings is 1. The molecule has 0 aliphatic rings. The highest BCUT2D eigenvalue weighted by Crippen LogP contribution is 2.37. The van der Waals surface area contributed by atoms with Gasteiger partial charge in [0.2, 0.25) is 0 Å². The summed E-state index contributed by atoms with van der Waals surface area (Å²) >= 11 is 6.31. The minimum Gasteiger partial charge on any atom is -0.347 e. The molecular weight excluding hydrogens is 339 g/mol. The van der Waals surface area contributed by atoms with E-state index in [1.165, 1.54) is 0 Å². The predicted molar refractivity (Wildman–Crippen MR) is 104 cm³/mol. The molecule has 0 aliphatic carbocycles. The van der Waals surface area contributed by atoms with Crippen LogP contribution in [0, 0.1) is 12.7 Å². The summed E-state index contributed by atoms with van der Waals surface area (Å²) in [4.78, 5) is 3.94. The summed E-state index contributed by atoms with van der Waals surface area (Å²) < 4.78 is 16.9. The van der Waals surface area contributed by atoms with Crippen LogP contribution in [0.25, 0.3) is 16.6 Å². The Morgan fingerprint density at radius 3 is 2.76 bits per heavy atom. The quantitative estimate of drug-likeness (QED) is 0.604. The predicted octanol–water partition coefficient (Wildman–Crippen LogP) is 5.60. The summed E-state index contributed by atoms with van der Waals surface area (Å²) in [5.74, 6) is -0.463. The molecule has 0 aliphatic heterocycles. The van der Waals surface area contributed by atoms with Gasteiger partial charge in [0.15, 0.2) is 0 Å². The lowest BCUT2D eigenvalue weighted by atomic mass is 10.0. The van der Waals surface area contributed by atoms with Crippen LogP contribution in [0.3, 0.4) is 0 Å². The molecule has 6 heteroatoms. The number of rotatable bonds is 4. The van der Waals surface area contributed by atoms with E-state index in [1.807, 2.05) is 43.7 Å². The third-order valence-corrected chi connectivity index (χ3v) is 4.33. The van der Waals surface area contributed by atoms with Crippen LogP contribution in [-0.2, 0) is 6.54 Å². The molecule has 3 aromatic rings. The number of nitrogens with one attached hydrogen (secondary N) is 1. The molecule has 25 heavy (non-hydrogen) atoms. The number of hydrogen-bond acceptors (Lipinski definition) is 2. The number of aromatic amines is 1. The molecule has 0 atom stereocenters. The fourth-order valence-electron chi connectivity index (χ4n) is 2.74. The Morgan fingerprint density at radius 1 is 1.48 bits per heavy atom. The average molecular weight is 361 g/mol. The standard InChI is InChI=1S/C17H16ClFN4.C2H6/c1-4-13(20-3)14-11-8-21-22-17(11)12(16(19)15(14)18)9-23-7-5-6-10(23)2;1-2/h4-8H,3,9H2,1-2H3,(H,21,22);1-2H3/b13-4-;. The number of aryl methyl sites for hydroxylation is 1. The first-order chi connectivity index (χ1) is 12.1. The van der Waals surface area contributed by atoms with Crippen molar-refractivity contribution in [2.75, 3.05) is 0 Å². The number of halogens is 2. The van der Waals surface area contributed by atoms with E-state index < -0.39 is 5.82 Å². The Morgan fingerprint density at radius 2 is 2.20 bits per heavy atom. The number of H-pyrrole nitrogens is 1. The lowest BCUT2D eigenvalue weighted by Crippen LogP contribution is -2.05. The number of allylic oxidation sites excluding steroid dienone is 1. The zero-order chi connectivity index (χ0) is 18.6. The third-order valence-electron chi connectivity index (χ3n) is 3.97. The lowest BCUT2D eigenvalue weighted by Gasteiger charge is -2.14. The van der Waals surface area contributed by atoms with Crippen molar-refractivity contribution in [3.8, 4) is 0 Å². The number of nitrogens with zero attached hydrogens (tertiary/aromatic N) is 3. The number of fused-ring (bicyclic) bond motifs is 1. The van der Waals surface area contributed by atoms with Gasteiger partial charge in [-0.2, -0.15) is 5.10 Å². The van der Waals surface area contributed by atoms with Gasteiger partial charge in [-0.1, -0.05) is 31.5 Å². The van der Waals surface area contributed by atoms with Gasteiger partial charge in [0.05, 0.1) is 29.0 Å². The van der Waals surface area contributed by atoms with Crippen molar-refractivity contribution in [1.29, 1.82) is 0 Å². The first-order valence-electron chi connectivity index (χ1n) is 8.16. The van der Waals surface area contributed by atoms with Crippen molar-refractivity contribution in [2.24, 2.45) is 4.99 Å². The van der Waals surface area contributed by atoms with Gasteiger partial charge in [0.25, 0.3) is 0 Å². The van der Waals surface area contributed by atoms with Crippen LogP contribution < -0.4 is 0 Å². The van der Waals surface area contributed by atoms with E-state index in [2.05, 4.69) is 21.9 Å². The minimum atomic E-state index is -0.463. The van der Waals surface area contributed by atoms with Crippen molar-refractivity contribution in [1.82, 2.24) is 14.8 Å². The molecule has 0 bridgehead atoms. The molecule has 1 N–H and O–H groups in total. The molecule has 2 heterocycles. The van der Waals surface area contributed by atoms with Gasteiger partial charge in [-0.05, 0) is 32.7 Å². The van der Waals surface area contributed by atoms with Crippen LogP contribution in [0.1, 0.15) is 37.6 Å². The highest BCUT2D eigenvalue weighted by molar-refractivity contribution is 6.34. The molecule has 0 saturated carbocycles. The number of aromatic nitrogens is 3. The third kappa shape index (κ3) is 3.37. The van der Waals surface area contributed by atoms with Crippen molar-refractivity contribution in [3.63, 3.8) is 0 Å². The number of hydrogen-bond donors (Lipinski definition) is 1. The lowest BCUT2D eigenvalue weighted by molar-refractivity contribution is 0.601. The molecular formula is C19H22ClFN4. The van der Waals surface area contributed by atoms with Crippen molar-refractivity contribution in [2.45, 2.75) is 34.2 Å². The Labute approximate surface area is 152 Å². The molecule has 0 saturated heterocycles. The molecule has 2 aromatic heterocycles. The smallest absolute Gasteiger partial charge is 0.149 e. The van der Waals surface area contributed by atoms with Crippen LogP contribution in [0.15, 0.2) is 35.6 Å². The first kappa shape index (κ1) is 18.9. The fourth-order valence-corrected chi connectivity index (χ4v) is 3.05. The average Bonchev–Trinajstić information content (AvgIpc) is 3.26. The van der Waals surface area contributed by atoms with E-state index in [0.717, 1.165) is 11.1 Å². The van der Waals surface area contributed by atoms with Gasteiger partial charge in [-0.15, -0.1) is 0 Å². The van der Waals surface area contributed by atoms with E-state index in [9.17, 15) is 4.39 Å². The Bertz CT molecular complexity index is 921. The zero-order valence-electron chi connectivity index (χ0n) is 14.9. The van der Waals surface area contributed by atoms with Crippen molar-refractivity contribution in [3.05, 3.63) is 58.3 Å². The molecule has 0 unspecified atom stereocenters. The van der Waals surface area contributed by atoms with Gasteiger partial charge in [-0.25, -0.2) is 4.39 Å². The summed E-state index contributed by atoms with van der Waals surface area (Å²) in [6.07, 6.45) is 5.29. The molecule has 0 radical (unpaired) electrons. The van der Waals surface area contributed by atoms with Gasteiger partial charge in [0, 0.05) is 28.4 Å². The summed E-state index contributed by atoms with van der Waals surface area (Å²) in [6.45, 7) is 11.7. The highest BCUT2D eigenvalue weighted by atomic mass is 35.5. The summed E-state index contributed by atoms with van der Waals surface area (Å²) in [6, 6.07) is 3.89. The maximum Gasteiger partial charge on any atom is 0.149 e. The highest BCUT2D eigenvalue weighted by Gasteiger charge is 2.22. The molecule has 0 fully saturated rings. The van der Waals surface area contributed by atoms with Gasteiger partial charge < -0.3 is 4.57 Å². The first-order valence-corrected chi connectivity index (χ1v) is 8.54. The minimum absolute atomic E-state index is 0.0409. The Hall–Kier alpha value is -2.40. The molecule has 132 valence electrons. The molecule has 0 amide bonds. The maximum absolute atomic E-state index is 14.9. The summed E-state index contributed by atoms with van der Waals surface area (Å²) in [5.41, 5.74) is 3.18. The van der Waals surface area contributed by atoms with Crippen LogP contribution in [0.5, 0.6) is 0 Å². The monoisotopic (exact) mass is 360 g/mol. The van der Waals surface area contributed by atoms with Crippen LogP contribution in [-0.4, -0.2) is 21.5 Å². The summed E-state index contributed by atoms with van der Waals surface area (Å²) in [7, 11) is 0. The van der Waals surface area contributed by atoms with Crippen LogP contribution >= 0.6 is 11.6 Å². The van der Waals surface area contributed by atoms with Crippen LogP contribution in [0.2, 0.25) is 5.02 Å². The van der Waals surface area contributed by atoms with Gasteiger partial charge in [-0.3, -0.25) is 10.1 Å². The van der Waals surface area contributed by atoms with E-state index in [0.29, 0.717) is 28.9 Å². The largest absolute Gasteiger partial charge is 0.347 e. The zero-order valence-corrected chi connectivity index (χ0v) is 15.7. The second kappa shape index (κ2) is 8.12. The maximum atomic E-state index is 14.9. The van der Waals surface area contributed by atoms with E-state index >= 15 is 0 Å². The molecule has 3 rings (SSSR count). The second-order valence-corrected chi connectivity index (χ2v) is 5.63. The number of aliphatic imine (C=N–C) groups is 1. The van der Waals surface area contributed by atoms with Crippen molar-refractivity contribution >= 4 is 34.9 Å². The normalized spacial score (nSPS) is 11.4. The van der Waals surface area contributed by atoms with Crippen LogP contribution in [0.4, 0.5) is 4.39 Å². The van der Waals surface area contributed by atoms with Crippen molar-refractivity contribution < 1.29 is 4.39 Å². The van der Waals surface area contributed by atoms with E-state index in [-0.39, 0.29) is 5.02 Å². The fraction of sp³-hybridized carbons (Fsp3) is 0.263. The summed E-state index contributed by atoms with van der Waals surface area (Å²) in [5, 5.41) is 7.71. The Balaban J connectivity index is 0.00000109. The molecule has 0 spiro atoms. The van der Waals surface area contributed by atoms with E-state index in [1.54, 1.807) is 19.2 Å². The molecule has 1 aromatic carbocycles. The topological polar surface area (TPSA) is 46.0 Å².